The molecule has 0 saturated heterocycles. The fraction of sp³-hybridized carbons (Fsp3) is 0.143. The lowest BCUT2D eigenvalue weighted by molar-refractivity contribution is 0.102. The first-order valence-electron chi connectivity index (χ1n) is 8.89. The Balaban J connectivity index is 1.35. The molecule has 0 fully saturated rings. The molecule has 0 aliphatic rings. The Labute approximate surface area is 173 Å². The van der Waals surface area contributed by atoms with Gasteiger partial charge in [0.05, 0.1) is 5.75 Å². The fourth-order valence-electron chi connectivity index (χ4n) is 2.74. The van der Waals surface area contributed by atoms with Gasteiger partial charge in [-0.3, -0.25) is 4.79 Å². The highest BCUT2D eigenvalue weighted by Crippen LogP contribution is 2.23. The first-order valence-corrected chi connectivity index (χ1v) is 9.88. The van der Waals surface area contributed by atoms with E-state index < -0.39 is 11.4 Å². The molecule has 0 bridgehead atoms. The van der Waals surface area contributed by atoms with Crippen LogP contribution in [0.25, 0.3) is 11.0 Å². The average Bonchev–Trinajstić information content (AvgIpc) is 3.18. The summed E-state index contributed by atoms with van der Waals surface area (Å²) in [6.07, 6.45) is 0. The van der Waals surface area contributed by atoms with Crippen molar-refractivity contribution in [2.45, 2.75) is 18.8 Å². The summed E-state index contributed by atoms with van der Waals surface area (Å²) >= 11 is 1.09. The molecule has 0 N–H and O–H groups in total. The molecule has 0 atom stereocenters. The third-order valence-corrected chi connectivity index (χ3v) is 5.04. The van der Waals surface area contributed by atoms with Crippen LogP contribution in [0.3, 0.4) is 0 Å². The monoisotopic (exact) mass is 426 g/mol. The lowest BCUT2D eigenvalue weighted by Gasteiger charge is -2.05. The molecule has 0 amide bonds. The number of ketones is 1. The second-order valence-corrected chi connectivity index (χ2v) is 7.30. The number of Topliss-reactive ketones (excluding diaryl/α,β-unsaturated/α-hetero) is 1. The van der Waals surface area contributed by atoms with Crippen molar-refractivity contribution in [1.82, 2.24) is 10.2 Å². The van der Waals surface area contributed by atoms with Gasteiger partial charge in [0, 0.05) is 23.1 Å². The van der Waals surface area contributed by atoms with Crippen molar-refractivity contribution in [3.05, 3.63) is 81.8 Å². The quantitative estimate of drug-likeness (QED) is 0.247. The Morgan fingerprint density at radius 2 is 1.90 bits per heavy atom. The van der Waals surface area contributed by atoms with E-state index in [1.165, 1.54) is 30.3 Å². The van der Waals surface area contributed by atoms with Gasteiger partial charge < -0.3 is 13.6 Å². The van der Waals surface area contributed by atoms with Crippen LogP contribution in [-0.2, 0) is 6.61 Å². The van der Waals surface area contributed by atoms with Gasteiger partial charge in [0.15, 0.2) is 12.4 Å². The zero-order valence-corrected chi connectivity index (χ0v) is 16.6. The van der Waals surface area contributed by atoms with Crippen molar-refractivity contribution in [1.29, 1.82) is 0 Å². The highest BCUT2D eigenvalue weighted by Gasteiger charge is 2.12. The molecule has 0 aliphatic carbocycles. The van der Waals surface area contributed by atoms with Crippen molar-refractivity contribution < 1.29 is 22.8 Å². The Morgan fingerprint density at radius 3 is 2.70 bits per heavy atom. The van der Waals surface area contributed by atoms with E-state index in [2.05, 4.69) is 10.2 Å². The van der Waals surface area contributed by atoms with E-state index >= 15 is 0 Å². The van der Waals surface area contributed by atoms with E-state index in [0.29, 0.717) is 16.9 Å². The van der Waals surface area contributed by atoms with E-state index in [9.17, 15) is 14.0 Å². The number of aryl methyl sites for hydroxylation is 1. The summed E-state index contributed by atoms with van der Waals surface area (Å²) in [4.78, 5) is 23.6. The summed E-state index contributed by atoms with van der Waals surface area (Å²) in [5.41, 5.74) is 1.23. The maximum atomic E-state index is 12.9. The van der Waals surface area contributed by atoms with Gasteiger partial charge in [0.25, 0.3) is 11.1 Å². The van der Waals surface area contributed by atoms with E-state index in [4.69, 9.17) is 13.6 Å². The van der Waals surface area contributed by atoms with Gasteiger partial charge in [-0.25, -0.2) is 9.18 Å². The number of aromatic nitrogens is 2. The lowest BCUT2D eigenvalue weighted by atomic mass is 10.1. The van der Waals surface area contributed by atoms with E-state index in [0.717, 1.165) is 22.7 Å². The van der Waals surface area contributed by atoms with Crippen LogP contribution in [-0.4, -0.2) is 21.7 Å². The van der Waals surface area contributed by atoms with Crippen LogP contribution < -0.4 is 10.4 Å². The number of hydrogen-bond acceptors (Lipinski definition) is 8. The number of rotatable bonds is 7. The summed E-state index contributed by atoms with van der Waals surface area (Å²) in [6.45, 7) is 1.85. The number of nitrogens with zero attached hydrogens (tertiary/aromatic N) is 2. The van der Waals surface area contributed by atoms with Crippen LogP contribution in [0.1, 0.15) is 21.8 Å². The first-order chi connectivity index (χ1) is 14.5. The molecule has 4 rings (SSSR count). The molecule has 0 radical (unpaired) electrons. The SMILES string of the molecule is Cc1cc(=O)oc2cc(OCc3nnc(SCC(=O)c4ccc(F)cc4)o3)ccc12. The Kier molecular flexibility index (Phi) is 5.62. The summed E-state index contributed by atoms with van der Waals surface area (Å²) < 4.78 is 29.2. The molecule has 0 unspecified atom stereocenters. The molecular formula is C21H15FN2O5S. The molecule has 0 spiro atoms. The second-order valence-electron chi connectivity index (χ2n) is 6.38. The third-order valence-electron chi connectivity index (χ3n) is 4.23. The minimum absolute atomic E-state index is 0.0149. The summed E-state index contributed by atoms with van der Waals surface area (Å²) in [6, 6.07) is 11.9. The highest BCUT2D eigenvalue weighted by molar-refractivity contribution is 7.99. The van der Waals surface area contributed by atoms with Gasteiger partial charge >= 0.3 is 5.63 Å². The zero-order valence-electron chi connectivity index (χ0n) is 15.8. The fourth-order valence-corrected chi connectivity index (χ4v) is 3.42. The van der Waals surface area contributed by atoms with Crippen molar-refractivity contribution in [2.75, 3.05) is 5.75 Å². The molecule has 0 saturated carbocycles. The molecule has 2 heterocycles. The smallest absolute Gasteiger partial charge is 0.336 e. The van der Waals surface area contributed by atoms with E-state index in [1.807, 2.05) is 6.92 Å². The van der Waals surface area contributed by atoms with E-state index in [-0.39, 0.29) is 29.3 Å². The summed E-state index contributed by atoms with van der Waals surface area (Å²) in [5, 5.41) is 8.81. The van der Waals surface area contributed by atoms with Crippen molar-refractivity contribution in [3.63, 3.8) is 0 Å². The molecule has 152 valence electrons. The molecule has 30 heavy (non-hydrogen) atoms. The minimum Gasteiger partial charge on any atom is -0.484 e. The van der Waals surface area contributed by atoms with Gasteiger partial charge in [-0.15, -0.1) is 10.2 Å². The Bertz CT molecular complexity index is 1270. The van der Waals surface area contributed by atoms with Crippen LogP contribution in [0.4, 0.5) is 4.39 Å². The average molecular weight is 426 g/mol. The number of carbonyl (C=O) groups is 1. The van der Waals surface area contributed by atoms with Gasteiger partial charge in [-0.2, -0.15) is 0 Å². The standard InChI is InChI=1S/C21H15FN2O5S/c1-12-8-20(26)28-18-9-15(6-7-16(12)18)27-10-19-23-24-21(29-19)30-11-17(25)13-2-4-14(22)5-3-13/h2-9H,10-11H2,1H3. The predicted molar refractivity (Wildman–Crippen MR) is 107 cm³/mol. The number of thioether (sulfide) groups is 1. The van der Waals surface area contributed by atoms with Crippen molar-refractivity contribution >= 4 is 28.5 Å². The van der Waals surface area contributed by atoms with Gasteiger partial charge in [-0.1, -0.05) is 11.8 Å². The summed E-state index contributed by atoms with van der Waals surface area (Å²) in [5.74, 6) is 0.220. The molecule has 2 aromatic carbocycles. The predicted octanol–water partition coefficient (Wildman–Crippen LogP) is 4.18. The molecule has 7 nitrogen and oxygen atoms in total. The molecule has 4 aromatic rings. The largest absolute Gasteiger partial charge is 0.484 e. The summed E-state index contributed by atoms with van der Waals surface area (Å²) in [7, 11) is 0. The third kappa shape index (κ3) is 4.57. The molecule has 2 aromatic heterocycles. The van der Waals surface area contributed by atoms with Crippen LogP contribution in [0.15, 0.2) is 67.4 Å². The topological polar surface area (TPSA) is 95.4 Å². The Hall–Kier alpha value is -3.46. The highest BCUT2D eigenvalue weighted by atomic mass is 32.2. The van der Waals surface area contributed by atoms with Crippen LogP contribution in [0, 0.1) is 12.7 Å². The Morgan fingerprint density at radius 1 is 1.10 bits per heavy atom. The lowest BCUT2D eigenvalue weighted by Crippen LogP contribution is -2.02. The van der Waals surface area contributed by atoms with Crippen molar-refractivity contribution in [3.8, 4) is 5.75 Å². The van der Waals surface area contributed by atoms with E-state index in [1.54, 1.807) is 18.2 Å². The second kappa shape index (κ2) is 8.50. The zero-order chi connectivity index (χ0) is 21.1. The number of hydrogen-bond donors (Lipinski definition) is 0. The first kappa shape index (κ1) is 19.8. The van der Waals surface area contributed by atoms with Gasteiger partial charge in [0.1, 0.15) is 17.1 Å². The van der Waals surface area contributed by atoms with Crippen LogP contribution in [0.2, 0.25) is 0 Å². The van der Waals surface area contributed by atoms with Gasteiger partial charge in [0.2, 0.25) is 0 Å². The molecular weight excluding hydrogens is 411 g/mol. The molecule has 9 heteroatoms. The molecule has 0 aliphatic heterocycles. The van der Waals surface area contributed by atoms with Crippen molar-refractivity contribution in [2.24, 2.45) is 0 Å². The van der Waals surface area contributed by atoms with Crippen LogP contribution >= 0.6 is 11.8 Å². The number of halogens is 1. The number of carbonyl (C=O) groups excluding carboxylic acids is 1. The number of fused-ring (bicyclic) bond motifs is 1. The normalized spacial score (nSPS) is 11.0. The number of benzene rings is 2. The number of ether oxygens (including phenoxy) is 1. The van der Waals surface area contributed by atoms with Gasteiger partial charge in [-0.05, 0) is 48.9 Å². The maximum Gasteiger partial charge on any atom is 0.336 e. The maximum absolute atomic E-state index is 12.9. The van der Waals surface area contributed by atoms with Crippen LogP contribution in [0.5, 0.6) is 5.75 Å². The minimum atomic E-state index is -0.425.